The van der Waals surface area contributed by atoms with E-state index in [0.717, 1.165) is 0 Å². The number of hydrogen-bond donors (Lipinski definition) is 1. The van der Waals surface area contributed by atoms with E-state index in [1.54, 1.807) is 7.05 Å². The van der Waals surface area contributed by atoms with Crippen molar-refractivity contribution in [2.45, 2.75) is 19.6 Å². The molecule has 0 bridgehead atoms. The highest BCUT2D eigenvalue weighted by Crippen LogP contribution is 2.00. The molecule has 7 heavy (non-hydrogen) atoms. The monoisotopic (exact) mass is 119 g/mol. The van der Waals surface area contributed by atoms with E-state index in [-0.39, 0.29) is 0 Å². The molecule has 0 rings (SSSR count). The Bertz CT molecular complexity index is 57.2. The first-order chi connectivity index (χ1) is 2.94. The van der Waals surface area contributed by atoms with E-state index in [1.165, 1.54) is 4.73 Å². The van der Waals surface area contributed by atoms with Crippen LogP contribution in [0.4, 0.5) is 0 Å². The lowest BCUT2D eigenvalue weighted by Crippen LogP contribution is -2.40. The minimum absolute atomic E-state index is 1.33. The van der Waals surface area contributed by atoms with Crippen molar-refractivity contribution in [1.82, 2.24) is 4.73 Å². The minimum Gasteiger partial charge on any atom is -0.321 e. The quantitative estimate of drug-likeness (QED) is 0.413. The van der Waals surface area contributed by atoms with Gasteiger partial charge in [-0.05, 0) is 0 Å². The average molecular weight is 119 g/mol. The molecule has 0 aliphatic carbocycles. The smallest absolute Gasteiger partial charge is 0.150 e. The van der Waals surface area contributed by atoms with Gasteiger partial charge in [0, 0.05) is 7.05 Å². The predicted molar refractivity (Wildman–Crippen MR) is 32.9 cm³/mol. The molecule has 0 aliphatic heterocycles. The maximum absolute atomic E-state index is 8.78. The van der Waals surface area contributed by atoms with Gasteiger partial charge in [0.25, 0.3) is 0 Å². The molecule has 0 amide bonds. The van der Waals surface area contributed by atoms with Crippen molar-refractivity contribution >= 4 is 8.24 Å². The largest absolute Gasteiger partial charge is 0.321 e. The highest BCUT2D eigenvalue weighted by molar-refractivity contribution is 6.72. The average Bonchev–Trinajstić information content (AvgIpc) is 1.31. The Morgan fingerprint density at radius 1 is 1.29 bits per heavy atom. The lowest BCUT2D eigenvalue weighted by molar-refractivity contribution is 0.0176. The summed E-state index contributed by atoms with van der Waals surface area (Å²) in [6.45, 7) is 6.23. The summed E-state index contributed by atoms with van der Waals surface area (Å²) in [6, 6.07) is 0. The second-order valence-corrected chi connectivity index (χ2v) is 7.68. The molecule has 0 saturated carbocycles. The molecule has 0 heterocycles. The molecule has 3 heteroatoms. The summed E-state index contributed by atoms with van der Waals surface area (Å²) in [5.41, 5.74) is 0. The third-order valence-corrected chi connectivity index (χ3v) is 2.91. The third kappa shape index (κ3) is 2.79. The van der Waals surface area contributed by atoms with Crippen molar-refractivity contribution < 1.29 is 5.21 Å². The molecular weight excluding hydrogens is 106 g/mol. The highest BCUT2D eigenvalue weighted by Gasteiger charge is 2.17. The van der Waals surface area contributed by atoms with Gasteiger partial charge in [0.1, 0.15) is 0 Å². The van der Waals surface area contributed by atoms with E-state index in [9.17, 15) is 0 Å². The normalized spacial score (nSPS) is 12.9. The van der Waals surface area contributed by atoms with Gasteiger partial charge in [-0.1, -0.05) is 19.6 Å². The van der Waals surface area contributed by atoms with Crippen molar-refractivity contribution in [2.24, 2.45) is 0 Å². The lowest BCUT2D eigenvalue weighted by atomic mass is 11.5. The number of nitrogens with zero attached hydrogens (tertiary/aromatic N) is 1. The van der Waals surface area contributed by atoms with E-state index in [1.807, 2.05) is 0 Å². The van der Waals surface area contributed by atoms with E-state index in [0.29, 0.717) is 0 Å². The molecule has 0 aromatic carbocycles. The predicted octanol–water partition coefficient (Wildman–Crippen LogP) is 1.14. The standard InChI is InChI=1S/C4H13NOSi/c1-5(6)7(2,3)4/h6H,1-4H3. The Kier molecular flexibility index (Phi) is 1.98. The van der Waals surface area contributed by atoms with Crippen LogP contribution in [0.15, 0.2) is 0 Å². The van der Waals surface area contributed by atoms with Gasteiger partial charge in [0.2, 0.25) is 0 Å². The van der Waals surface area contributed by atoms with Crippen LogP contribution in [-0.4, -0.2) is 25.2 Å². The Morgan fingerprint density at radius 2 is 1.43 bits per heavy atom. The summed E-state index contributed by atoms with van der Waals surface area (Å²) in [5.74, 6) is 0. The fourth-order valence-corrected chi connectivity index (χ4v) is 0. The van der Waals surface area contributed by atoms with Crippen LogP contribution >= 0.6 is 0 Å². The van der Waals surface area contributed by atoms with E-state index >= 15 is 0 Å². The zero-order valence-corrected chi connectivity index (χ0v) is 6.39. The maximum atomic E-state index is 8.78. The van der Waals surface area contributed by atoms with Crippen LogP contribution in [0.5, 0.6) is 0 Å². The second kappa shape index (κ2) is 1.94. The topological polar surface area (TPSA) is 23.5 Å². The van der Waals surface area contributed by atoms with Crippen molar-refractivity contribution in [2.75, 3.05) is 7.05 Å². The first-order valence-electron chi connectivity index (χ1n) is 2.37. The molecule has 0 aromatic heterocycles. The maximum Gasteiger partial charge on any atom is 0.150 e. The van der Waals surface area contributed by atoms with Gasteiger partial charge in [-0.25, -0.2) is 4.73 Å². The Morgan fingerprint density at radius 3 is 1.43 bits per heavy atom. The molecule has 0 spiro atoms. The van der Waals surface area contributed by atoms with Crippen LogP contribution < -0.4 is 0 Å². The molecule has 0 saturated heterocycles. The second-order valence-electron chi connectivity index (χ2n) is 2.69. The van der Waals surface area contributed by atoms with Gasteiger partial charge < -0.3 is 5.21 Å². The van der Waals surface area contributed by atoms with Crippen molar-refractivity contribution in [3.63, 3.8) is 0 Å². The van der Waals surface area contributed by atoms with Gasteiger partial charge in [-0.2, -0.15) is 0 Å². The van der Waals surface area contributed by atoms with Gasteiger partial charge in [-0.15, -0.1) is 0 Å². The minimum atomic E-state index is -1.35. The Balaban J connectivity index is 3.54. The van der Waals surface area contributed by atoms with Crippen LogP contribution in [0.1, 0.15) is 0 Å². The van der Waals surface area contributed by atoms with Gasteiger partial charge >= 0.3 is 0 Å². The summed E-state index contributed by atoms with van der Waals surface area (Å²) in [7, 11) is 0.355. The first kappa shape index (κ1) is 7.14. The van der Waals surface area contributed by atoms with E-state index in [2.05, 4.69) is 19.6 Å². The van der Waals surface area contributed by atoms with E-state index in [4.69, 9.17) is 5.21 Å². The molecule has 0 aromatic rings. The van der Waals surface area contributed by atoms with Crippen molar-refractivity contribution in [1.29, 1.82) is 0 Å². The zero-order chi connectivity index (χ0) is 6.08. The number of hydrogen-bond acceptors (Lipinski definition) is 2. The van der Waals surface area contributed by atoms with E-state index < -0.39 is 8.24 Å². The van der Waals surface area contributed by atoms with Crippen LogP contribution in [-0.2, 0) is 0 Å². The van der Waals surface area contributed by atoms with Crippen LogP contribution in [0, 0.1) is 0 Å². The molecular formula is C4H13NOSi. The van der Waals surface area contributed by atoms with Crippen LogP contribution in [0.25, 0.3) is 0 Å². The fourth-order valence-electron chi connectivity index (χ4n) is 0. The third-order valence-electron chi connectivity index (χ3n) is 0.971. The molecule has 0 radical (unpaired) electrons. The Labute approximate surface area is 45.8 Å². The zero-order valence-electron chi connectivity index (χ0n) is 5.39. The van der Waals surface area contributed by atoms with Gasteiger partial charge in [0.05, 0.1) is 0 Å². The summed E-state index contributed by atoms with van der Waals surface area (Å²) < 4.78 is 1.33. The lowest BCUT2D eigenvalue weighted by Gasteiger charge is -2.22. The summed E-state index contributed by atoms with van der Waals surface area (Å²) in [4.78, 5) is 0. The van der Waals surface area contributed by atoms with Crippen LogP contribution in [0.2, 0.25) is 19.6 Å². The SMILES string of the molecule is CN(O)[Si](C)(C)C. The fraction of sp³-hybridized carbons (Fsp3) is 1.00. The van der Waals surface area contributed by atoms with Crippen LogP contribution in [0.3, 0.4) is 0 Å². The number of rotatable bonds is 1. The highest BCUT2D eigenvalue weighted by atomic mass is 28.3. The summed E-state index contributed by atoms with van der Waals surface area (Å²) in [6.07, 6.45) is 0. The van der Waals surface area contributed by atoms with Crippen molar-refractivity contribution in [3.05, 3.63) is 0 Å². The molecule has 1 N–H and O–H groups in total. The molecule has 0 fully saturated rings. The summed E-state index contributed by atoms with van der Waals surface area (Å²) in [5, 5.41) is 8.78. The van der Waals surface area contributed by atoms with Gasteiger partial charge in [-0.3, -0.25) is 0 Å². The van der Waals surface area contributed by atoms with Gasteiger partial charge in [0.15, 0.2) is 8.24 Å². The number of hydroxylamine groups is 1. The molecule has 2 nitrogen and oxygen atoms in total. The molecule has 0 atom stereocenters. The molecule has 0 unspecified atom stereocenters. The molecule has 44 valence electrons. The first-order valence-corrected chi connectivity index (χ1v) is 5.82. The Hall–Kier alpha value is 0.137. The summed E-state index contributed by atoms with van der Waals surface area (Å²) >= 11 is 0. The molecule has 0 aliphatic rings. The van der Waals surface area contributed by atoms with Crippen molar-refractivity contribution in [3.8, 4) is 0 Å².